The number of nitrogens with zero attached hydrogens (tertiary/aromatic N) is 2. The fraction of sp³-hybridized carbons (Fsp3) is 0.167. The van der Waals surface area contributed by atoms with Crippen LogP contribution < -0.4 is 4.90 Å². The van der Waals surface area contributed by atoms with E-state index in [2.05, 4.69) is 5.16 Å². The van der Waals surface area contributed by atoms with Gasteiger partial charge in [0, 0.05) is 16.3 Å². The second kappa shape index (κ2) is 5.18. The Kier molecular flexibility index (Phi) is 3.21. The van der Waals surface area contributed by atoms with Crippen molar-refractivity contribution in [2.75, 3.05) is 4.90 Å². The molecule has 2 aliphatic rings. The van der Waals surface area contributed by atoms with Crippen molar-refractivity contribution in [2.45, 2.75) is 18.9 Å². The maximum absolute atomic E-state index is 13.2. The van der Waals surface area contributed by atoms with E-state index in [1.54, 1.807) is 30.0 Å². The fourth-order valence-corrected chi connectivity index (χ4v) is 3.54. The van der Waals surface area contributed by atoms with Crippen LogP contribution in [0.2, 0.25) is 5.02 Å². The summed E-state index contributed by atoms with van der Waals surface area (Å²) in [6.07, 6.45) is 0. The number of benzene rings is 2. The number of hydrogen-bond acceptors (Lipinski definition) is 4. The predicted octanol–water partition coefficient (Wildman–Crippen LogP) is 3.06. The average Bonchev–Trinajstić information content (AvgIpc) is 3.02. The van der Waals surface area contributed by atoms with Gasteiger partial charge in [-0.3, -0.25) is 4.79 Å². The lowest BCUT2D eigenvalue weighted by molar-refractivity contribution is -0.147. The van der Waals surface area contributed by atoms with Gasteiger partial charge < -0.3 is 9.74 Å². The Labute approximate surface area is 143 Å². The van der Waals surface area contributed by atoms with E-state index in [1.807, 2.05) is 30.3 Å². The summed E-state index contributed by atoms with van der Waals surface area (Å²) in [4.78, 5) is 32.1. The van der Waals surface area contributed by atoms with Crippen molar-refractivity contribution in [2.24, 2.45) is 5.16 Å². The molecule has 0 aromatic heterocycles. The molecule has 0 radical (unpaired) electrons. The Morgan fingerprint density at radius 1 is 1.12 bits per heavy atom. The summed E-state index contributed by atoms with van der Waals surface area (Å²) < 4.78 is 0. The van der Waals surface area contributed by atoms with Crippen molar-refractivity contribution < 1.29 is 14.4 Å². The highest BCUT2D eigenvalue weighted by atomic mass is 35.5. The van der Waals surface area contributed by atoms with Gasteiger partial charge in [-0.2, -0.15) is 0 Å². The van der Waals surface area contributed by atoms with Gasteiger partial charge in [-0.1, -0.05) is 53.2 Å². The Morgan fingerprint density at radius 3 is 2.54 bits per heavy atom. The Balaban J connectivity index is 1.86. The minimum Gasteiger partial charge on any atom is -0.316 e. The highest BCUT2D eigenvalue weighted by Gasteiger charge is 2.62. The molecule has 5 nitrogen and oxygen atoms in total. The van der Waals surface area contributed by atoms with E-state index in [0.717, 1.165) is 5.56 Å². The van der Waals surface area contributed by atoms with Crippen LogP contribution in [0.4, 0.5) is 5.69 Å². The van der Waals surface area contributed by atoms with E-state index in [-0.39, 0.29) is 12.5 Å². The Hall–Kier alpha value is -2.66. The van der Waals surface area contributed by atoms with Crippen molar-refractivity contribution in [1.29, 1.82) is 0 Å². The molecule has 24 heavy (non-hydrogen) atoms. The zero-order valence-electron chi connectivity index (χ0n) is 12.8. The number of carbonyl (C=O) groups excluding carboxylic acids is 2. The quantitative estimate of drug-likeness (QED) is 0.623. The molecule has 0 aliphatic carbocycles. The highest BCUT2D eigenvalue weighted by Crippen LogP contribution is 2.46. The van der Waals surface area contributed by atoms with Crippen molar-refractivity contribution in [3.05, 3.63) is 64.7 Å². The molecule has 4 rings (SSSR count). The van der Waals surface area contributed by atoms with Crippen LogP contribution in [0.1, 0.15) is 18.1 Å². The minimum absolute atomic E-state index is 0.276. The third kappa shape index (κ3) is 1.79. The maximum atomic E-state index is 13.2. The van der Waals surface area contributed by atoms with Gasteiger partial charge in [-0.25, -0.2) is 4.79 Å². The molecule has 0 N–H and O–H groups in total. The third-order valence-electron chi connectivity index (χ3n) is 4.57. The molecule has 6 heteroatoms. The van der Waals surface area contributed by atoms with Gasteiger partial charge in [0.05, 0.1) is 12.3 Å². The second-order valence-electron chi connectivity index (χ2n) is 5.81. The molecule has 1 amide bonds. The zero-order chi connectivity index (χ0) is 16.9. The molecule has 2 aromatic carbocycles. The molecule has 1 spiro atoms. The fourth-order valence-electron chi connectivity index (χ4n) is 3.35. The lowest BCUT2D eigenvalue weighted by Gasteiger charge is -2.21. The van der Waals surface area contributed by atoms with Crippen LogP contribution in [0.5, 0.6) is 0 Å². The lowest BCUT2D eigenvalue weighted by atomic mass is 9.78. The average molecular weight is 341 g/mol. The number of hydrogen-bond donors (Lipinski definition) is 0. The van der Waals surface area contributed by atoms with E-state index < -0.39 is 11.4 Å². The molecule has 0 saturated heterocycles. The number of carbonyl (C=O) groups is 2. The normalized spacial score (nSPS) is 21.9. The number of para-hydroxylation sites is 1. The van der Waals surface area contributed by atoms with E-state index in [9.17, 15) is 9.59 Å². The highest BCUT2D eigenvalue weighted by molar-refractivity contribution is 6.36. The molecule has 0 fully saturated rings. The summed E-state index contributed by atoms with van der Waals surface area (Å²) in [5, 5.41) is 4.33. The first-order valence-corrected chi connectivity index (χ1v) is 7.86. The van der Waals surface area contributed by atoms with Crippen molar-refractivity contribution in [1.82, 2.24) is 0 Å². The second-order valence-corrected chi connectivity index (χ2v) is 6.21. The number of oxime groups is 1. The zero-order valence-corrected chi connectivity index (χ0v) is 13.6. The molecule has 120 valence electrons. The molecule has 0 saturated carbocycles. The van der Waals surface area contributed by atoms with Gasteiger partial charge in [0.1, 0.15) is 0 Å². The SMILES string of the molecule is CC1=NOC(=O)C12C(=O)N(Cc1ccccc1Cl)c1ccccc12. The summed E-state index contributed by atoms with van der Waals surface area (Å²) in [5.41, 5.74) is 0.964. The van der Waals surface area contributed by atoms with Gasteiger partial charge in [0.15, 0.2) is 0 Å². The predicted molar refractivity (Wildman–Crippen MR) is 90.0 cm³/mol. The number of anilines is 1. The first-order chi connectivity index (χ1) is 11.6. The molecule has 1 unspecified atom stereocenters. The number of halogens is 1. The Morgan fingerprint density at radius 2 is 1.83 bits per heavy atom. The Bertz CT molecular complexity index is 909. The third-order valence-corrected chi connectivity index (χ3v) is 4.93. The molecule has 1 atom stereocenters. The monoisotopic (exact) mass is 340 g/mol. The maximum Gasteiger partial charge on any atom is 0.360 e. The van der Waals surface area contributed by atoms with Crippen LogP contribution in [-0.2, 0) is 26.4 Å². The summed E-state index contributed by atoms with van der Waals surface area (Å²) in [7, 11) is 0. The van der Waals surface area contributed by atoms with Crippen molar-refractivity contribution in [3.63, 3.8) is 0 Å². The van der Waals surface area contributed by atoms with Crippen LogP contribution in [0.3, 0.4) is 0 Å². The molecule has 2 aromatic rings. The van der Waals surface area contributed by atoms with E-state index >= 15 is 0 Å². The van der Waals surface area contributed by atoms with Gasteiger partial charge in [-0.15, -0.1) is 0 Å². The lowest BCUT2D eigenvalue weighted by Crippen LogP contribution is -2.48. The first kappa shape index (κ1) is 14.9. The van der Waals surface area contributed by atoms with Gasteiger partial charge in [-0.05, 0) is 24.6 Å². The van der Waals surface area contributed by atoms with Gasteiger partial charge in [0.2, 0.25) is 5.41 Å². The first-order valence-electron chi connectivity index (χ1n) is 7.48. The number of amides is 1. The summed E-state index contributed by atoms with van der Waals surface area (Å²) >= 11 is 6.23. The minimum atomic E-state index is -1.47. The van der Waals surface area contributed by atoms with Crippen LogP contribution in [0.25, 0.3) is 0 Å². The van der Waals surface area contributed by atoms with Crippen molar-refractivity contribution in [3.8, 4) is 0 Å². The molecular weight excluding hydrogens is 328 g/mol. The van der Waals surface area contributed by atoms with E-state index in [1.165, 1.54) is 0 Å². The van der Waals surface area contributed by atoms with Crippen LogP contribution in [0.15, 0.2) is 53.7 Å². The summed E-state index contributed by atoms with van der Waals surface area (Å²) in [5.74, 6) is -1.01. The number of fused-ring (bicyclic) bond motifs is 2. The largest absolute Gasteiger partial charge is 0.360 e. The smallest absolute Gasteiger partial charge is 0.316 e. The molecule has 2 aliphatic heterocycles. The molecule has 0 bridgehead atoms. The summed E-state index contributed by atoms with van der Waals surface area (Å²) in [6, 6.07) is 14.5. The molecular formula is C18H13ClN2O3. The van der Waals surface area contributed by atoms with Crippen molar-refractivity contribution >= 4 is 34.9 Å². The van der Waals surface area contributed by atoms with E-state index in [4.69, 9.17) is 16.4 Å². The van der Waals surface area contributed by atoms with Crippen LogP contribution in [0, 0.1) is 0 Å². The molecule has 2 heterocycles. The van der Waals surface area contributed by atoms with E-state index in [0.29, 0.717) is 22.0 Å². The van der Waals surface area contributed by atoms with Crippen LogP contribution >= 0.6 is 11.6 Å². The van der Waals surface area contributed by atoms with Gasteiger partial charge >= 0.3 is 5.97 Å². The van der Waals surface area contributed by atoms with Crippen LogP contribution in [-0.4, -0.2) is 17.6 Å². The summed E-state index contributed by atoms with van der Waals surface area (Å²) in [6.45, 7) is 1.91. The number of rotatable bonds is 2. The standard InChI is InChI=1S/C18H13ClN2O3/c1-11-18(17(23)24-20-11)13-7-3-5-9-15(13)21(16(18)22)10-12-6-2-4-8-14(12)19/h2-9H,10H2,1H3. The van der Waals surface area contributed by atoms with Gasteiger partial charge in [0.25, 0.3) is 5.91 Å². The topological polar surface area (TPSA) is 59.0 Å².